The molecular formula is C18H24N6O2. The summed E-state index contributed by atoms with van der Waals surface area (Å²) < 4.78 is 1.92. The zero-order chi connectivity index (χ0) is 18.5. The molecule has 3 heterocycles. The molecule has 0 spiro atoms. The minimum Gasteiger partial charge on any atom is -0.351 e. The first kappa shape index (κ1) is 18.1. The standard InChI is InChI=1S/C18H24N6O2/c1-14(25)20-10-16-9-17-12-23(7-8-24(17)21-16)18(26)13-22(2)11-15-3-5-19-6-4-15/h3-6,9H,7-8,10-13H2,1-2H3,(H,20,25). The van der Waals surface area contributed by atoms with Crippen LogP contribution >= 0.6 is 0 Å². The lowest BCUT2D eigenvalue weighted by molar-refractivity contribution is -0.133. The van der Waals surface area contributed by atoms with Crippen LogP contribution in [0.25, 0.3) is 0 Å². The summed E-state index contributed by atoms with van der Waals surface area (Å²) in [5.74, 6) is 0.0300. The lowest BCUT2D eigenvalue weighted by Gasteiger charge is -2.29. The molecular weight excluding hydrogens is 332 g/mol. The first-order valence-corrected chi connectivity index (χ1v) is 8.66. The summed E-state index contributed by atoms with van der Waals surface area (Å²) in [5, 5.41) is 7.23. The molecule has 1 N–H and O–H groups in total. The Hall–Kier alpha value is -2.74. The summed E-state index contributed by atoms with van der Waals surface area (Å²) in [4.78, 5) is 31.5. The van der Waals surface area contributed by atoms with E-state index in [1.807, 2.05) is 39.7 Å². The van der Waals surface area contributed by atoms with Gasteiger partial charge in [0.15, 0.2) is 0 Å². The number of fused-ring (bicyclic) bond motifs is 1. The van der Waals surface area contributed by atoms with Gasteiger partial charge in [0.05, 0.1) is 37.6 Å². The van der Waals surface area contributed by atoms with E-state index in [1.165, 1.54) is 6.92 Å². The van der Waals surface area contributed by atoms with E-state index in [2.05, 4.69) is 15.4 Å². The molecule has 1 aliphatic rings. The van der Waals surface area contributed by atoms with Crippen LogP contribution in [-0.2, 0) is 35.8 Å². The topological polar surface area (TPSA) is 83.4 Å². The number of amides is 2. The minimum atomic E-state index is -0.0787. The van der Waals surface area contributed by atoms with Crippen molar-refractivity contribution in [3.8, 4) is 0 Å². The van der Waals surface area contributed by atoms with Gasteiger partial charge < -0.3 is 10.2 Å². The fourth-order valence-electron chi connectivity index (χ4n) is 3.03. The van der Waals surface area contributed by atoms with Crippen molar-refractivity contribution in [1.29, 1.82) is 0 Å². The molecule has 0 aliphatic carbocycles. The molecule has 0 atom stereocenters. The van der Waals surface area contributed by atoms with Gasteiger partial charge in [-0.1, -0.05) is 0 Å². The van der Waals surface area contributed by atoms with E-state index in [4.69, 9.17) is 0 Å². The highest BCUT2D eigenvalue weighted by molar-refractivity contribution is 5.78. The predicted octanol–water partition coefficient (Wildman–Crippen LogP) is 0.388. The number of rotatable bonds is 6. The average molecular weight is 356 g/mol. The minimum absolute atomic E-state index is 0.0787. The van der Waals surface area contributed by atoms with Crippen LogP contribution in [0.4, 0.5) is 0 Å². The molecule has 3 rings (SSSR count). The van der Waals surface area contributed by atoms with E-state index < -0.39 is 0 Å². The van der Waals surface area contributed by atoms with Gasteiger partial charge in [0.25, 0.3) is 0 Å². The number of aromatic nitrogens is 3. The smallest absolute Gasteiger partial charge is 0.237 e. The van der Waals surface area contributed by atoms with Gasteiger partial charge in [-0.25, -0.2) is 0 Å². The Balaban J connectivity index is 1.54. The van der Waals surface area contributed by atoms with Gasteiger partial charge in [0, 0.05) is 32.4 Å². The third kappa shape index (κ3) is 4.66. The number of nitrogens with zero attached hydrogens (tertiary/aromatic N) is 5. The second-order valence-corrected chi connectivity index (χ2v) is 6.60. The van der Waals surface area contributed by atoms with Crippen LogP contribution in [0, 0.1) is 0 Å². The number of carbonyl (C=O) groups is 2. The molecule has 26 heavy (non-hydrogen) atoms. The van der Waals surface area contributed by atoms with E-state index in [0.29, 0.717) is 39.3 Å². The first-order valence-electron chi connectivity index (χ1n) is 8.66. The van der Waals surface area contributed by atoms with Gasteiger partial charge in [0.1, 0.15) is 0 Å². The van der Waals surface area contributed by atoms with Gasteiger partial charge >= 0.3 is 0 Å². The molecule has 0 aromatic carbocycles. The number of likely N-dealkylation sites (N-methyl/N-ethyl adjacent to an activating group) is 1. The van der Waals surface area contributed by atoms with Crippen molar-refractivity contribution in [3.05, 3.63) is 47.5 Å². The molecule has 0 saturated carbocycles. The van der Waals surface area contributed by atoms with Crippen molar-refractivity contribution in [2.75, 3.05) is 20.1 Å². The summed E-state index contributed by atoms with van der Waals surface area (Å²) in [7, 11) is 1.94. The Bertz CT molecular complexity index is 773. The van der Waals surface area contributed by atoms with E-state index in [-0.39, 0.29) is 11.8 Å². The fourth-order valence-corrected chi connectivity index (χ4v) is 3.03. The molecule has 8 heteroatoms. The van der Waals surface area contributed by atoms with Crippen molar-refractivity contribution in [3.63, 3.8) is 0 Å². The zero-order valence-electron chi connectivity index (χ0n) is 15.2. The van der Waals surface area contributed by atoms with Crippen molar-refractivity contribution < 1.29 is 9.59 Å². The molecule has 0 unspecified atom stereocenters. The van der Waals surface area contributed by atoms with E-state index in [0.717, 1.165) is 17.0 Å². The summed E-state index contributed by atoms with van der Waals surface area (Å²) in [6.07, 6.45) is 3.52. The van der Waals surface area contributed by atoms with Gasteiger partial charge in [0.2, 0.25) is 11.8 Å². The Morgan fingerprint density at radius 2 is 2.04 bits per heavy atom. The Morgan fingerprint density at radius 3 is 2.77 bits per heavy atom. The van der Waals surface area contributed by atoms with Crippen molar-refractivity contribution >= 4 is 11.8 Å². The number of hydrogen-bond acceptors (Lipinski definition) is 5. The molecule has 2 aromatic heterocycles. The first-order chi connectivity index (χ1) is 12.5. The van der Waals surface area contributed by atoms with Gasteiger partial charge in [-0.3, -0.25) is 24.2 Å². The Kier molecular flexibility index (Phi) is 5.62. The summed E-state index contributed by atoms with van der Waals surface area (Å²) in [6.45, 7) is 4.85. The second kappa shape index (κ2) is 8.09. The van der Waals surface area contributed by atoms with Crippen LogP contribution in [-0.4, -0.2) is 56.5 Å². The maximum Gasteiger partial charge on any atom is 0.237 e. The fraction of sp³-hybridized carbons (Fsp3) is 0.444. The normalized spacial score (nSPS) is 13.6. The average Bonchev–Trinajstić information content (AvgIpc) is 3.02. The van der Waals surface area contributed by atoms with Crippen molar-refractivity contribution in [2.45, 2.75) is 33.1 Å². The summed E-state index contributed by atoms with van der Waals surface area (Å²) in [6, 6.07) is 5.87. The maximum atomic E-state index is 12.6. The summed E-state index contributed by atoms with van der Waals surface area (Å²) >= 11 is 0. The van der Waals surface area contributed by atoms with Crippen molar-refractivity contribution in [1.82, 2.24) is 29.9 Å². The summed E-state index contributed by atoms with van der Waals surface area (Å²) in [5.41, 5.74) is 2.95. The largest absolute Gasteiger partial charge is 0.351 e. The van der Waals surface area contributed by atoms with Crippen LogP contribution < -0.4 is 5.32 Å². The van der Waals surface area contributed by atoms with Crippen LogP contribution in [0.5, 0.6) is 0 Å². The monoisotopic (exact) mass is 356 g/mol. The van der Waals surface area contributed by atoms with Crippen LogP contribution in [0.15, 0.2) is 30.6 Å². The number of hydrogen-bond donors (Lipinski definition) is 1. The molecule has 0 saturated heterocycles. The Labute approximate surface area is 152 Å². The molecule has 2 amide bonds. The van der Waals surface area contributed by atoms with Gasteiger partial charge in [-0.15, -0.1) is 0 Å². The third-order valence-corrected chi connectivity index (χ3v) is 4.33. The third-order valence-electron chi connectivity index (χ3n) is 4.33. The van der Waals surface area contributed by atoms with Crippen LogP contribution in [0.1, 0.15) is 23.9 Å². The lowest BCUT2D eigenvalue weighted by Crippen LogP contribution is -2.43. The number of pyridine rings is 1. The Morgan fingerprint density at radius 1 is 1.27 bits per heavy atom. The van der Waals surface area contributed by atoms with Crippen molar-refractivity contribution in [2.24, 2.45) is 0 Å². The molecule has 8 nitrogen and oxygen atoms in total. The highest BCUT2D eigenvalue weighted by atomic mass is 16.2. The lowest BCUT2D eigenvalue weighted by atomic mass is 10.2. The highest BCUT2D eigenvalue weighted by Gasteiger charge is 2.23. The van der Waals surface area contributed by atoms with Gasteiger partial charge in [-0.05, 0) is 30.8 Å². The van der Waals surface area contributed by atoms with E-state index >= 15 is 0 Å². The van der Waals surface area contributed by atoms with E-state index in [9.17, 15) is 9.59 Å². The second-order valence-electron chi connectivity index (χ2n) is 6.60. The van der Waals surface area contributed by atoms with Crippen LogP contribution in [0.2, 0.25) is 0 Å². The molecule has 0 fully saturated rings. The maximum absolute atomic E-state index is 12.6. The number of carbonyl (C=O) groups excluding carboxylic acids is 2. The number of nitrogens with one attached hydrogen (secondary N) is 1. The quantitative estimate of drug-likeness (QED) is 0.809. The molecule has 138 valence electrons. The predicted molar refractivity (Wildman–Crippen MR) is 95.7 cm³/mol. The van der Waals surface area contributed by atoms with Crippen LogP contribution in [0.3, 0.4) is 0 Å². The van der Waals surface area contributed by atoms with E-state index in [1.54, 1.807) is 12.4 Å². The SMILES string of the molecule is CC(=O)NCc1cc2n(n1)CCN(C(=O)CN(C)Cc1ccncc1)C2. The van der Waals surface area contributed by atoms with Gasteiger partial charge in [-0.2, -0.15) is 5.10 Å². The highest BCUT2D eigenvalue weighted by Crippen LogP contribution is 2.14. The zero-order valence-corrected chi connectivity index (χ0v) is 15.2. The molecule has 0 bridgehead atoms. The molecule has 1 aliphatic heterocycles. The molecule has 2 aromatic rings. The molecule has 0 radical (unpaired) electrons.